The summed E-state index contributed by atoms with van der Waals surface area (Å²) in [6, 6.07) is 11.5. The molecule has 0 radical (unpaired) electrons. The molecule has 3 rings (SSSR count). The molecule has 0 spiro atoms. The van der Waals surface area contributed by atoms with E-state index in [2.05, 4.69) is 54.4 Å². The van der Waals surface area contributed by atoms with Crippen molar-refractivity contribution in [3.63, 3.8) is 0 Å². The Hall–Kier alpha value is -1.61. The maximum atomic E-state index is 4.78. The summed E-state index contributed by atoms with van der Waals surface area (Å²) in [5.41, 5.74) is 3.60. The Morgan fingerprint density at radius 2 is 2.05 bits per heavy atom. The number of para-hydroxylation sites is 1. The van der Waals surface area contributed by atoms with Crippen LogP contribution in [0.15, 0.2) is 30.3 Å². The van der Waals surface area contributed by atoms with E-state index in [0.29, 0.717) is 0 Å². The third kappa shape index (κ3) is 2.63. The minimum absolute atomic E-state index is 0.734. The van der Waals surface area contributed by atoms with Crippen molar-refractivity contribution in [1.82, 2.24) is 10.3 Å². The van der Waals surface area contributed by atoms with Crippen LogP contribution in [0.2, 0.25) is 0 Å². The van der Waals surface area contributed by atoms with Crippen molar-refractivity contribution in [2.24, 2.45) is 0 Å². The molecule has 1 aliphatic carbocycles. The van der Waals surface area contributed by atoms with E-state index in [1.54, 1.807) is 0 Å². The average molecular weight is 269 g/mol. The molecular formula is C17H23N3. The van der Waals surface area contributed by atoms with Crippen molar-refractivity contribution >= 4 is 16.6 Å². The van der Waals surface area contributed by atoms with Gasteiger partial charge in [-0.1, -0.05) is 25.1 Å². The second kappa shape index (κ2) is 5.80. The van der Waals surface area contributed by atoms with E-state index in [1.807, 2.05) is 0 Å². The zero-order valence-electron chi connectivity index (χ0n) is 12.4. The Labute approximate surface area is 121 Å². The monoisotopic (exact) mass is 269 g/mol. The summed E-state index contributed by atoms with van der Waals surface area (Å²) in [7, 11) is 0. The second-order valence-corrected chi connectivity index (χ2v) is 5.45. The molecule has 20 heavy (non-hydrogen) atoms. The fourth-order valence-corrected chi connectivity index (χ4v) is 2.80. The predicted octanol–water partition coefficient (Wildman–Crippen LogP) is 3.33. The number of anilines is 1. The molecule has 1 N–H and O–H groups in total. The largest absolute Gasteiger partial charge is 0.368 e. The second-order valence-electron chi connectivity index (χ2n) is 5.45. The zero-order valence-corrected chi connectivity index (χ0v) is 12.4. The fraction of sp³-hybridized carbons (Fsp3) is 0.471. The number of benzene rings is 1. The molecule has 1 fully saturated rings. The molecule has 106 valence electrons. The smallest absolute Gasteiger partial charge is 0.0726 e. The number of hydrogen-bond donors (Lipinski definition) is 1. The number of pyridine rings is 1. The van der Waals surface area contributed by atoms with E-state index in [9.17, 15) is 0 Å². The van der Waals surface area contributed by atoms with Crippen LogP contribution in [0, 0.1) is 0 Å². The standard InChI is InChI=1S/C17H23N3/c1-3-18-12-13-11-17(20(4-2)14-9-10-14)15-7-5-6-8-16(15)19-13/h5-8,11,14,18H,3-4,9-10,12H2,1-2H3. The van der Waals surface area contributed by atoms with Gasteiger partial charge in [0.05, 0.1) is 11.2 Å². The van der Waals surface area contributed by atoms with Gasteiger partial charge in [-0.25, -0.2) is 0 Å². The molecule has 1 heterocycles. The van der Waals surface area contributed by atoms with Crippen molar-refractivity contribution in [1.29, 1.82) is 0 Å². The van der Waals surface area contributed by atoms with Gasteiger partial charge < -0.3 is 10.2 Å². The lowest BCUT2D eigenvalue weighted by atomic mass is 10.1. The normalized spacial score (nSPS) is 14.7. The Kier molecular flexibility index (Phi) is 3.88. The minimum Gasteiger partial charge on any atom is -0.368 e. The van der Waals surface area contributed by atoms with Gasteiger partial charge in [0.2, 0.25) is 0 Å². The van der Waals surface area contributed by atoms with Gasteiger partial charge in [0, 0.05) is 30.2 Å². The Morgan fingerprint density at radius 1 is 1.25 bits per heavy atom. The van der Waals surface area contributed by atoms with E-state index in [4.69, 9.17) is 4.98 Å². The SMILES string of the molecule is CCNCc1cc(N(CC)C2CC2)c2ccccc2n1. The van der Waals surface area contributed by atoms with Crippen molar-refractivity contribution in [3.8, 4) is 0 Å². The van der Waals surface area contributed by atoms with Crippen LogP contribution in [0.3, 0.4) is 0 Å². The van der Waals surface area contributed by atoms with Crippen LogP contribution >= 0.6 is 0 Å². The molecule has 2 aromatic rings. The first-order valence-corrected chi connectivity index (χ1v) is 7.69. The Bertz CT molecular complexity index is 590. The van der Waals surface area contributed by atoms with Crippen LogP contribution < -0.4 is 10.2 Å². The molecule has 0 unspecified atom stereocenters. The highest BCUT2D eigenvalue weighted by Crippen LogP contribution is 2.35. The molecule has 1 aliphatic rings. The maximum Gasteiger partial charge on any atom is 0.0726 e. The van der Waals surface area contributed by atoms with Crippen LogP contribution in [-0.4, -0.2) is 24.1 Å². The van der Waals surface area contributed by atoms with E-state index in [-0.39, 0.29) is 0 Å². The summed E-state index contributed by atoms with van der Waals surface area (Å²) in [6.45, 7) is 7.27. The summed E-state index contributed by atoms with van der Waals surface area (Å²) < 4.78 is 0. The molecule has 0 amide bonds. The summed E-state index contributed by atoms with van der Waals surface area (Å²) in [4.78, 5) is 7.32. The molecular weight excluding hydrogens is 246 g/mol. The Balaban J connectivity index is 2.06. The number of nitrogens with zero attached hydrogens (tertiary/aromatic N) is 2. The molecule has 0 bridgehead atoms. The molecule has 0 saturated heterocycles. The summed E-state index contributed by atoms with van der Waals surface area (Å²) in [5, 5.41) is 4.66. The van der Waals surface area contributed by atoms with Crippen molar-refractivity contribution in [2.75, 3.05) is 18.0 Å². The van der Waals surface area contributed by atoms with Gasteiger partial charge in [0.1, 0.15) is 0 Å². The summed E-state index contributed by atoms with van der Waals surface area (Å²) >= 11 is 0. The highest BCUT2D eigenvalue weighted by molar-refractivity contribution is 5.92. The van der Waals surface area contributed by atoms with Gasteiger partial charge in [-0.05, 0) is 38.4 Å². The molecule has 0 aliphatic heterocycles. The number of aromatic nitrogens is 1. The quantitative estimate of drug-likeness (QED) is 0.872. The lowest BCUT2D eigenvalue weighted by Gasteiger charge is -2.25. The number of fused-ring (bicyclic) bond motifs is 1. The topological polar surface area (TPSA) is 28.2 Å². The minimum atomic E-state index is 0.734. The van der Waals surface area contributed by atoms with Gasteiger partial charge in [-0.15, -0.1) is 0 Å². The van der Waals surface area contributed by atoms with Gasteiger partial charge in [-0.3, -0.25) is 4.98 Å². The lowest BCUT2D eigenvalue weighted by molar-refractivity contribution is 0.712. The lowest BCUT2D eigenvalue weighted by Crippen LogP contribution is -2.25. The van der Waals surface area contributed by atoms with Gasteiger partial charge in [0.15, 0.2) is 0 Å². The highest BCUT2D eigenvalue weighted by Gasteiger charge is 2.29. The average Bonchev–Trinajstić information content (AvgIpc) is 3.30. The number of nitrogens with one attached hydrogen (secondary N) is 1. The third-order valence-electron chi connectivity index (χ3n) is 3.94. The predicted molar refractivity (Wildman–Crippen MR) is 85.2 cm³/mol. The number of hydrogen-bond acceptors (Lipinski definition) is 3. The maximum absolute atomic E-state index is 4.78. The van der Waals surface area contributed by atoms with E-state index in [0.717, 1.165) is 36.9 Å². The molecule has 3 heteroatoms. The van der Waals surface area contributed by atoms with Crippen molar-refractivity contribution < 1.29 is 0 Å². The first-order valence-electron chi connectivity index (χ1n) is 7.69. The van der Waals surface area contributed by atoms with E-state index < -0.39 is 0 Å². The van der Waals surface area contributed by atoms with Crippen molar-refractivity contribution in [3.05, 3.63) is 36.0 Å². The zero-order chi connectivity index (χ0) is 13.9. The molecule has 1 aromatic heterocycles. The molecule has 1 saturated carbocycles. The van der Waals surface area contributed by atoms with Crippen LogP contribution in [0.4, 0.5) is 5.69 Å². The summed E-state index contributed by atoms with van der Waals surface area (Å²) in [6.07, 6.45) is 2.65. The fourth-order valence-electron chi connectivity index (χ4n) is 2.80. The third-order valence-corrected chi connectivity index (χ3v) is 3.94. The first-order chi connectivity index (χ1) is 9.83. The van der Waals surface area contributed by atoms with Crippen LogP contribution in [0.1, 0.15) is 32.4 Å². The Morgan fingerprint density at radius 3 is 2.75 bits per heavy atom. The van der Waals surface area contributed by atoms with E-state index in [1.165, 1.54) is 23.9 Å². The van der Waals surface area contributed by atoms with Crippen LogP contribution in [0.5, 0.6) is 0 Å². The van der Waals surface area contributed by atoms with Gasteiger partial charge >= 0.3 is 0 Å². The summed E-state index contributed by atoms with van der Waals surface area (Å²) in [5.74, 6) is 0. The van der Waals surface area contributed by atoms with Crippen LogP contribution in [-0.2, 0) is 6.54 Å². The highest BCUT2D eigenvalue weighted by atomic mass is 15.2. The van der Waals surface area contributed by atoms with E-state index >= 15 is 0 Å². The molecule has 0 atom stereocenters. The first kappa shape index (κ1) is 13.4. The number of rotatable bonds is 6. The van der Waals surface area contributed by atoms with Gasteiger partial charge in [0.25, 0.3) is 0 Å². The van der Waals surface area contributed by atoms with Crippen molar-refractivity contribution in [2.45, 2.75) is 39.3 Å². The van der Waals surface area contributed by atoms with Crippen LogP contribution in [0.25, 0.3) is 10.9 Å². The molecule has 1 aromatic carbocycles. The van der Waals surface area contributed by atoms with Gasteiger partial charge in [-0.2, -0.15) is 0 Å². The molecule has 3 nitrogen and oxygen atoms in total.